The van der Waals surface area contributed by atoms with E-state index in [4.69, 9.17) is 14.6 Å². The number of carbonyl (C=O) groups excluding carboxylic acids is 2. The molecule has 6 atom stereocenters. The third-order valence-corrected chi connectivity index (χ3v) is 8.20. The van der Waals surface area contributed by atoms with E-state index in [2.05, 4.69) is 37.4 Å². The van der Waals surface area contributed by atoms with E-state index < -0.39 is 23.5 Å². The van der Waals surface area contributed by atoms with Crippen molar-refractivity contribution >= 4 is 17.9 Å². The number of hydrogen-bond acceptors (Lipinski definition) is 7. The van der Waals surface area contributed by atoms with Crippen molar-refractivity contribution in [3.8, 4) is 0 Å². The zero-order valence-electron chi connectivity index (χ0n) is 22.1. The molecule has 202 valence electrons. The quantitative estimate of drug-likeness (QED) is 0.283. The number of aliphatic hydroxyl groups is 1. The van der Waals surface area contributed by atoms with E-state index in [0.29, 0.717) is 24.7 Å². The van der Waals surface area contributed by atoms with Crippen molar-refractivity contribution < 1.29 is 34.1 Å². The fourth-order valence-corrected chi connectivity index (χ4v) is 5.96. The first-order chi connectivity index (χ1) is 16.9. The lowest BCUT2D eigenvalue weighted by Crippen LogP contribution is -2.58. The van der Waals surface area contributed by atoms with Gasteiger partial charge in [0.05, 0.1) is 17.9 Å². The molecule has 0 aromatic carbocycles. The molecular formula is C28H43NO7. The van der Waals surface area contributed by atoms with Crippen LogP contribution in [0.25, 0.3) is 0 Å². The van der Waals surface area contributed by atoms with Gasteiger partial charge in [0.15, 0.2) is 0 Å². The Morgan fingerprint density at radius 2 is 2.03 bits per heavy atom. The van der Waals surface area contributed by atoms with Gasteiger partial charge < -0.3 is 19.7 Å². The Balaban J connectivity index is 1.67. The molecular weight excluding hydrogens is 462 g/mol. The number of ether oxygens (including phenoxy) is 2. The largest absolute Gasteiger partial charge is 0.481 e. The lowest BCUT2D eigenvalue weighted by atomic mass is 9.61. The summed E-state index contributed by atoms with van der Waals surface area (Å²) < 4.78 is 11.1. The average Bonchev–Trinajstić information content (AvgIpc) is 2.79. The van der Waals surface area contributed by atoms with Crippen molar-refractivity contribution in [2.75, 3.05) is 6.73 Å². The van der Waals surface area contributed by atoms with Crippen LogP contribution in [-0.4, -0.2) is 52.6 Å². The van der Waals surface area contributed by atoms with Crippen molar-refractivity contribution in [2.24, 2.45) is 23.2 Å². The van der Waals surface area contributed by atoms with Crippen LogP contribution in [0.3, 0.4) is 0 Å². The van der Waals surface area contributed by atoms with Crippen LogP contribution in [0.4, 0.5) is 0 Å². The van der Waals surface area contributed by atoms with Crippen molar-refractivity contribution in [1.82, 2.24) is 5.32 Å². The fraction of sp³-hybridized carbons (Fsp3) is 0.750. The Kier molecular flexibility index (Phi) is 9.39. The lowest BCUT2D eigenvalue weighted by Gasteiger charge is -2.50. The maximum Gasteiger partial charge on any atom is 0.312 e. The standard InChI is InChI=1S/C28H43NO7/c1-18-10-13-28(29-17-35-26(34)27(3,4)12-11-24(31)32)20(14-18)9-8-19(2)23(28)7-5-6-22-15-21(30)16-25(33)36-22/h8-9,14,18-19,21-23,29-30H,5-7,10-13,15-17H2,1-4H3,(H,31,32)/t18-,19+,21-,22-,23+,28-/m1/s1. The van der Waals surface area contributed by atoms with Crippen molar-refractivity contribution in [3.63, 3.8) is 0 Å². The number of carboxylic acid groups (broad SMARTS) is 1. The summed E-state index contributed by atoms with van der Waals surface area (Å²) in [5.74, 6) is -0.618. The van der Waals surface area contributed by atoms with Crippen LogP contribution in [0.1, 0.15) is 85.5 Å². The minimum Gasteiger partial charge on any atom is -0.481 e. The molecule has 0 aromatic rings. The van der Waals surface area contributed by atoms with Gasteiger partial charge in [0.1, 0.15) is 12.8 Å². The van der Waals surface area contributed by atoms with Crippen LogP contribution >= 0.6 is 0 Å². The first kappa shape index (κ1) is 28.4. The molecule has 0 aromatic heterocycles. The number of aliphatic hydroxyl groups excluding tert-OH is 1. The number of cyclic esters (lactones) is 1. The highest BCUT2D eigenvalue weighted by atomic mass is 16.5. The maximum atomic E-state index is 12.7. The van der Waals surface area contributed by atoms with Crippen LogP contribution in [0.5, 0.6) is 0 Å². The number of rotatable bonds is 11. The Morgan fingerprint density at radius 3 is 2.72 bits per heavy atom. The summed E-state index contributed by atoms with van der Waals surface area (Å²) in [6.45, 7) is 7.92. The molecule has 0 saturated carbocycles. The van der Waals surface area contributed by atoms with Gasteiger partial charge in [-0.2, -0.15) is 0 Å². The number of fused-ring (bicyclic) bond motifs is 1. The molecule has 1 heterocycles. The summed E-state index contributed by atoms with van der Waals surface area (Å²) >= 11 is 0. The predicted octanol–water partition coefficient (Wildman–Crippen LogP) is 4.12. The lowest BCUT2D eigenvalue weighted by molar-refractivity contribution is -0.161. The molecule has 0 unspecified atom stereocenters. The monoisotopic (exact) mass is 505 g/mol. The molecule has 0 radical (unpaired) electrons. The van der Waals surface area contributed by atoms with Gasteiger partial charge in [0.2, 0.25) is 0 Å². The normalized spacial score (nSPS) is 32.3. The molecule has 1 fully saturated rings. The van der Waals surface area contributed by atoms with E-state index in [9.17, 15) is 19.5 Å². The molecule has 0 amide bonds. The van der Waals surface area contributed by atoms with Gasteiger partial charge in [0, 0.05) is 18.4 Å². The summed E-state index contributed by atoms with van der Waals surface area (Å²) in [5.41, 5.74) is 0.0261. The molecule has 2 aliphatic carbocycles. The van der Waals surface area contributed by atoms with Gasteiger partial charge in [-0.1, -0.05) is 32.1 Å². The Hall–Kier alpha value is -2.19. The number of esters is 2. The first-order valence-corrected chi connectivity index (χ1v) is 13.3. The molecule has 0 spiro atoms. The number of allylic oxidation sites excluding steroid dienone is 2. The van der Waals surface area contributed by atoms with Crippen LogP contribution < -0.4 is 5.32 Å². The number of aliphatic carboxylic acids is 1. The third-order valence-electron chi connectivity index (χ3n) is 8.20. The van der Waals surface area contributed by atoms with Crippen molar-refractivity contribution in [1.29, 1.82) is 0 Å². The van der Waals surface area contributed by atoms with Crippen molar-refractivity contribution in [3.05, 3.63) is 23.8 Å². The Bertz CT molecular complexity index is 879. The minimum absolute atomic E-state index is 0.0601. The van der Waals surface area contributed by atoms with E-state index >= 15 is 0 Å². The number of carbonyl (C=O) groups is 3. The molecule has 1 aliphatic heterocycles. The predicted molar refractivity (Wildman–Crippen MR) is 135 cm³/mol. The van der Waals surface area contributed by atoms with Gasteiger partial charge >= 0.3 is 17.9 Å². The number of carboxylic acids is 1. The van der Waals surface area contributed by atoms with Gasteiger partial charge in [-0.25, -0.2) is 0 Å². The van der Waals surface area contributed by atoms with E-state index in [-0.39, 0.29) is 49.5 Å². The SMILES string of the molecule is C[C@H]1C=C2C=C[C@H](C)[C@H](CCC[C@@H]3C[C@@H](O)CC(=O)O3)[C@@]2(NCOC(=O)C(C)(C)CCC(=O)O)CC1. The topological polar surface area (TPSA) is 122 Å². The zero-order chi connectivity index (χ0) is 26.5. The molecule has 8 nitrogen and oxygen atoms in total. The molecule has 8 heteroatoms. The van der Waals surface area contributed by atoms with Gasteiger partial charge in [-0.05, 0) is 75.7 Å². The fourth-order valence-electron chi connectivity index (χ4n) is 5.96. The summed E-state index contributed by atoms with van der Waals surface area (Å²) in [6.07, 6.45) is 11.0. The van der Waals surface area contributed by atoms with E-state index in [1.165, 1.54) is 5.57 Å². The van der Waals surface area contributed by atoms with Crippen LogP contribution in [0.15, 0.2) is 23.8 Å². The van der Waals surface area contributed by atoms with Crippen LogP contribution in [0, 0.1) is 23.2 Å². The van der Waals surface area contributed by atoms with E-state index in [0.717, 1.165) is 25.7 Å². The summed E-state index contributed by atoms with van der Waals surface area (Å²) in [6, 6.07) is 0. The Labute approximate surface area is 214 Å². The van der Waals surface area contributed by atoms with E-state index in [1.807, 2.05) is 0 Å². The average molecular weight is 506 g/mol. The maximum absolute atomic E-state index is 12.7. The van der Waals surface area contributed by atoms with Gasteiger partial charge in [-0.3, -0.25) is 19.7 Å². The highest BCUT2D eigenvalue weighted by molar-refractivity contribution is 5.77. The van der Waals surface area contributed by atoms with Crippen molar-refractivity contribution in [2.45, 2.75) is 103 Å². The molecule has 1 saturated heterocycles. The second kappa shape index (κ2) is 11.9. The number of nitrogens with one attached hydrogen (secondary N) is 1. The molecule has 3 rings (SSSR count). The van der Waals surface area contributed by atoms with Gasteiger partial charge in [0.25, 0.3) is 0 Å². The molecule has 0 bridgehead atoms. The molecule has 36 heavy (non-hydrogen) atoms. The Morgan fingerprint density at radius 1 is 1.28 bits per heavy atom. The second-order valence-electron chi connectivity index (χ2n) is 11.6. The zero-order valence-corrected chi connectivity index (χ0v) is 22.1. The minimum atomic E-state index is -0.928. The summed E-state index contributed by atoms with van der Waals surface area (Å²) in [4.78, 5) is 35.4. The van der Waals surface area contributed by atoms with Crippen LogP contribution in [0.2, 0.25) is 0 Å². The highest BCUT2D eigenvalue weighted by Gasteiger charge is 2.46. The molecule has 3 N–H and O–H groups in total. The smallest absolute Gasteiger partial charge is 0.312 e. The summed E-state index contributed by atoms with van der Waals surface area (Å²) in [5, 5.41) is 22.5. The molecule has 3 aliphatic rings. The second-order valence-corrected chi connectivity index (χ2v) is 11.6. The summed E-state index contributed by atoms with van der Waals surface area (Å²) in [7, 11) is 0. The van der Waals surface area contributed by atoms with Gasteiger partial charge in [-0.15, -0.1) is 0 Å². The van der Waals surface area contributed by atoms with E-state index in [1.54, 1.807) is 13.8 Å². The van der Waals surface area contributed by atoms with Crippen LogP contribution in [-0.2, 0) is 23.9 Å². The number of hydrogen-bond donors (Lipinski definition) is 3. The third kappa shape index (κ3) is 6.97. The first-order valence-electron chi connectivity index (χ1n) is 13.3. The highest BCUT2D eigenvalue weighted by Crippen LogP contribution is 2.47.